The van der Waals surface area contributed by atoms with Crippen molar-refractivity contribution in [3.8, 4) is 0 Å². The Bertz CT molecular complexity index is 1080. The first-order valence-corrected chi connectivity index (χ1v) is 14.5. The second-order valence-electron chi connectivity index (χ2n) is 12.2. The fraction of sp³-hybridized carbons (Fsp3) is 0.690. The number of ether oxygens (including phenoxy) is 3. The summed E-state index contributed by atoms with van der Waals surface area (Å²) in [6.45, 7) is 19.1. The summed E-state index contributed by atoms with van der Waals surface area (Å²) in [5.74, 6) is -0.337. The van der Waals surface area contributed by atoms with Crippen LogP contribution in [-0.4, -0.2) is 64.7 Å². The van der Waals surface area contributed by atoms with E-state index in [4.69, 9.17) is 14.2 Å². The van der Waals surface area contributed by atoms with Gasteiger partial charge in [-0.15, -0.1) is 0 Å². The monoisotopic (exact) mass is 642 g/mol. The summed E-state index contributed by atoms with van der Waals surface area (Å²) in [6, 6.07) is 0.0721. The molecular weight excluding hydrogens is 599 g/mol. The van der Waals surface area contributed by atoms with E-state index in [2.05, 4.69) is 29.5 Å². The highest BCUT2D eigenvalue weighted by Crippen LogP contribution is 2.39. The van der Waals surface area contributed by atoms with Gasteiger partial charge in [0.1, 0.15) is 5.60 Å². The number of halogens is 1. The quantitative estimate of drug-likeness (QED) is 0.307. The van der Waals surface area contributed by atoms with Gasteiger partial charge in [-0.05, 0) is 120 Å². The Balaban J connectivity index is 1.87. The Hall–Kier alpha value is -1.88. The molecule has 0 saturated carbocycles. The number of hydrogen-bond donors (Lipinski definition) is 0. The van der Waals surface area contributed by atoms with Gasteiger partial charge in [0.25, 0.3) is 0 Å². The maximum Gasteiger partial charge on any atom is 0.410 e. The summed E-state index contributed by atoms with van der Waals surface area (Å²) in [4.78, 5) is 42.7. The fourth-order valence-electron chi connectivity index (χ4n) is 5.21. The second kappa shape index (κ2) is 11.7. The average Bonchev–Trinajstić information content (AvgIpc) is 2.80. The number of hydrogen-bond acceptors (Lipinski definition) is 6. The summed E-state index contributed by atoms with van der Waals surface area (Å²) in [5.41, 5.74) is 3.82. The standard InChI is InChI=1S/C29H43IN2O6/c1-10-36-26(34)25(37-28(4,5)6)23-17(2)20-15-22(33)32(16-21(20)18(3)24(23)30)19-11-13-31(14-12-19)27(35)38-29(7,8)9/h19,25H,10-16H2,1-9H3/t25-/m0/s1. The number of carbonyl (C=O) groups is 3. The maximum absolute atomic E-state index is 13.5. The zero-order valence-corrected chi connectivity index (χ0v) is 26.5. The third kappa shape index (κ3) is 7.00. The van der Waals surface area contributed by atoms with Gasteiger partial charge in [-0.2, -0.15) is 0 Å². The first-order chi connectivity index (χ1) is 17.5. The molecule has 0 radical (unpaired) electrons. The molecule has 0 unspecified atom stereocenters. The van der Waals surface area contributed by atoms with Crippen LogP contribution in [0.5, 0.6) is 0 Å². The molecule has 38 heavy (non-hydrogen) atoms. The van der Waals surface area contributed by atoms with Gasteiger partial charge in [0.05, 0.1) is 18.6 Å². The van der Waals surface area contributed by atoms with Crippen LogP contribution in [0, 0.1) is 17.4 Å². The van der Waals surface area contributed by atoms with Crippen molar-refractivity contribution < 1.29 is 28.6 Å². The minimum Gasteiger partial charge on any atom is -0.464 e. The minimum atomic E-state index is -0.865. The zero-order valence-electron chi connectivity index (χ0n) is 24.3. The summed E-state index contributed by atoms with van der Waals surface area (Å²) in [7, 11) is 0. The molecule has 1 aromatic carbocycles. The molecule has 212 valence electrons. The lowest BCUT2D eigenvalue weighted by atomic mass is 9.85. The molecule has 9 heteroatoms. The molecule has 8 nitrogen and oxygen atoms in total. The molecule has 0 N–H and O–H groups in total. The van der Waals surface area contributed by atoms with Gasteiger partial charge in [0, 0.05) is 34.8 Å². The average molecular weight is 643 g/mol. The molecule has 2 aliphatic rings. The molecule has 0 aromatic heterocycles. The van der Waals surface area contributed by atoms with E-state index in [-0.39, 0.29) is 31.1 Å². The number of amides is 2. The maximum atomic E-state index is 13.5. The number of fused-ring (bicyclic) bond motifs is 1. The van der Waals surface area contributed by atoms with Crippen LogP contribution in [0.1, 0.15) is 95.2 Å². The van der Waals surface area contributed by atoms with Crippen molar-refractivity contribution >= 4 is 40.6 Å². The molecule has 1 aromatic rings. The number of esters is 1. The van der Waals surface area contributed by atoms with Crippen LogP contribution in [-0.2, 0) is 36.8 Å². The summed E-state index contributed by atoms with van der Waals surface area (Å²) < 4.78 is 18.1. The first-order valence-electron chi connectivity index (χ1n) is 13.5. The van der Waals surface area contributed by atoms with Gasteiger partial charge in [0.15, 0.2) is 6.10 Å². The second-order valence-corrected chi connectivity index (χ2v) is 13.3. The van der Waals surface area contributed by atoms with Crippen LogP contribution in [0.4, 0.5) is 4.79 Å². The van der Waals surface area contributed by atoms with Gasteiger partial charge in [-0.1, -0.05) is 0 Å². The predicted octanol–water partition coefficient (Wildman–Crippen LogP) is 5.61. The number of likely N-dealkylation sites (tertiary alicyclic amines) is 1. The normalized spacial score (nSPS) is 17.8. The van der Waals surface area contributed by atoms with Crippen LogP contribution in [0.15, 0.2) is 0 Å². The molecule has 2 aliphatic heterocycles. The Labute approximate surface area is 240 Å². The van der Waals surface area contributed by atoms with Crippen LogP contribution >= 0.6 is 22.6 Å². The number of rotatable bonds is 5. The Morgan fingerprint density at radius 1 is 1.00 bits per heavy atom. The lowest BCUT2D eigenvalue weighted by Gasteiger charge is -2.42. The number of piperidine rings is 1. The van der Waals surface area contributed by atoms with Gasteiger partial charge in [-0.25, -0.2) is 9.59 Å². The van der Waals surface area contributed by atoms with E-state index < -0.39 is 23.3 Å². The van der Waals surface area contributed by atoms with E-state index >= 15 is 0 Å². The van der Waals surface area contributed by atoms with Gasteiger partial charge >= 0.3 is 12.1 Å². The van der Waals surface area contributed by atoms with Gasteiger partial charge in [-0.3, -0.25) is 4.79 Å². The zero-order chi connectivity index (χ0) is 28.6. The molecular formula is C29H43IN2O6. The summed E-state index contributed by atoms with van der Waals surface area (Å²) in [6.07, 6.45) is 0.559. The molecule has 1 fully saturated rings. The largest absolute Gasteiger partial charge is 0.464 e. The molecule has 2 amide bonds. The summed E-state index contributed by atoms with van der Waals surface area (Å²) in [5, 5.41) is 0. The van der Waals surface area contributed by atoms with Crippen molar-refractivity contribution in [1.82, 2.24) is 9.80 Å². The molecule has 3 rings (SSSR count). The van der Waals surface area contributed by atoms with Crippen molar-refractivity contribution in [2.75, 3.05) is 19.7 Å². The SMILES string of the molecule is CCOC(=O)[C@@H](OC(C)(C)C)c1c(C)c2c(c(C)c1I)CN(C1CCN(C(=O)OC(C)(C)C)CC1)C(=O)C2. The van der Waals surface area contributed by atoms with E-state index in [1.807, 2.05) is 53.4 Å². The summed E-state index contributed by atoms with van der Waals surface area (Å²) >= 11 is 2.30. The molecule has 0 aliphatic carbocycles. The van der Waals surface area contributed by atoms with Gasteiger partial charge < -0.3 is 24.0 Å². The molecule has 1 saturated heterocycles. The van der Waals surface area contributed by atoms with Crippen molar-refractivity contribution in [3.05, 3.63) is 31.4 Å². The lowest BCUT2D eigenvalue weighted by molar-refractivity contribution is -0.167. The van der Waals surface area contributed by atoms with E-state index in [1.165, 1.54) is 0 Å². The minimum absolute atomic E-state index is 0.0721. The number of nitrogens with zero attached hydrogens (tertiary/aromatic N) is 2. The third-order valence-corrected chi connectivity index (χ3v) is 8.40. The molecule has 2 heterocycles. The number of carbonyl (C=O) groups excluding carboxylic acids is 3. The van der Waals surface area contributed by atoms with E-state index in [1.54, 1.807) is 11.8 Å². The van der Waals surface area contributed by atoms with E-state index in [0.29, 0.717) is 19.6 Å². The highest BCUT2D eigenvalue weighted by atomic mass is 127. The highest BCUT2D eigenvalue weighted by molar-refractivity contribution is 14.1. The van der Waals surface area contributed by atoms with Crippen molar-refractivity contribution in [2.24, 2.45) is 0 Å². The smallest absolute Gasteiger partial charge is 0.410 e. The topological polar surface area (TPSA) is 85.4 Å². The van der Waals surface area contributed by atoms with E-state index in [9.17, 15) is 14.4 Å². The van der Waals surface area contributed by atoms with Crippen LogP contribution < -0.4 is 0 Å². The predicted molar refractivity (Wildman–Crippen MR) is 154 cm³/mol. The Morgan fingerprint density at radius 2 is 1.61 bits per heavy atom. The molecule has 0 spiro atoms. The van der Waals surface area contributed by atoms with Gasteiger partial charge in [0.2, 0.25) is 5.91 Å². The fourth-order valence-corrected chi connectivity index (χ4v) is 6.22. The molecule has 1 atom stereocenters. The first kappa shape index (κ1) is 30.7. The van der Waals surface area contributed by atoms with Crippen LogP contribution in [0.3, 0.4) is 0 Å². The highest BCUT2D eigenvalue weighted by Gasteiger charge is 2.38. The van der Waals surface area contributed by atoms with Crippen molar-refractivity contribution in [3.63, 3.8) is 0 Å². The van der Waals surface area contributed by atoms with Crippen LogP contribution in [0.25, 0.3) is 0 Å². The Morgan fingerprint density at radius 3 is 2.13 bits per heavy atom. The molecule has 0 bridgehead atoms. The van der Waals surface area contributed by atoms with Crippen LogP contribution in [0.2, 0.25) is 0 Å². The van der Waals surface area contributed by atoms with E-state index in [0.717, 1.165) is 44.2 Å². The lowest BCUT2D eigenvalue weighted by Crippen LogP contribution is -2.51. The third-order valence-electron chi connectivity index (χ3n) is 7.01. The Kier molecular flexibility index (Phi) is 9.44. The number of benzene rings is 1. The van der Waals surface area contributed by atoms with Crippen molar-refractivity contribution in [1.29, 1.82) is 0 Å². The van der Waals surface area contributed by atoms with Crippen molar-refractivity contribution in [2.45, 2.75) is 111 Å².